The van der Waals surface area contributed by atoms with Gasteiger partial charge in [0.2, 0.25) is 0 Å². The van der Waals surface area contributed by atoms with E-state index in [0.29, 0.717) is 34.3 Å². The number of benzene rings is 5. The van der Waals surface area contributed by atoms with Crippen LogP contribution in [0.5, 0.6) is 0 Å². The summed E-state index contributed by atoms with van der Waals surface area (Å²) in [7, 11) is 0. The first kappa shape index (κ1) is 35.0. The zero-order valence-corrected chi connectivity index (χ0v) is 30.7. The molecule has 1 fully saturated rings. The molecular weight excluding hydrogens is 705 g/mol. The average Bonchev–Trinajstić information content (AvgIpc) is 3.42. The maximum absolute atomic E-state index is 12.7. The highest BCUT2D eigenvalue weighted by atomic mass is 35.5. The third-order valence-corrected chi connectivity index (χ3v) is 10.6. The number of unbranched alkanes of at least 4 members (excludes halogenated alkanes) is 1. The van der Waals surface area contributed by atoms with E-state index in [4.69, 9.17) is 33.2 Å². The minimum Gasteiger partial charge on any atom is -0.354 e. The summed E-state index contributed by atoms with van der Waals surface area (Å²) in [4.78, 5) is 41.9. The van der Waals surface area contributed by atoms with Gasteiger partial charge in [-0.1, -0.05) is 47.5 Å². The highest BCUT2D eigenvalue weighted by Gasteiger charge is 2.34. The Hall–Kier alpha value is -5.06. The summed E-state index contributed by atoms with van der Waals surface area (Å²) >= 11 is 12.5. The van der Waals surface area contributed by atoms with E-state index in [9.17, 15) is 9.59 Å². The molecule has 3 heterocycles. The van der Waals surface area contributed by atoms with Crippen LogP contribution in [0.1, 0.15) is 33.6 Å². The van der Waals surface area contributed by atoms with Crippen molar-refractivity contribution in [1.29, 1.82) is 0 Å². The van der Waals surface area contributed by atoms with Gasteiger partial charge in [-0.3, -0.25) is 24.4 Å². The third-order valence-electron chi connectivity index (χ3n) is 10.1. The molecule has 0 spiro atoms. The average molecular weight is 745 g/mol. The Morgan fingerprint density at radius 1 is 0.679 bits per heavy atom. The van der Waals surface area contributed by atoms with Gasteiger partial charge in [-0.15, -0.1) is 0 Å². The maximum atomic E-state index is 12.7. The number of nitrogens with zero attached hydrogens (tertiary/aromatic N) is 6. The predicted octanol–water partition coefficient (Wildman–Crippen LogP) is 7.78. The lowest BCUT2D eigenvalue weighted by Gasteiger charge is -2.34. The summed E-state index contributed by atoms with van der Waals surface area (Å²) in [6.07, 6.45) is 1.74. The summed E-state index contributed by atoms with van der Waals surface area (Å²) in [5.74, 6) is -0.348. The minimum atomic E-state index is -0.174. The number of hydrogen-bond acceptors (Lipinski definition) is 7. The molecule has 0 unspecified atom stereocenters. The van der Waals surface area contributed by atoms with Crippen LogP contribution in [0, 0.1) is 0 Å². The molecule has 268 valence electrons. The topological polar surface area (TPSA) is 86.1 Å². The van der Waals surface area contributed by atoms with E-state index in [1.807, 2.05) is 66.7 Å². The molecule has 4 aromatic carbocycles. The summed E-state index contributed by atoms with van der Waals surface area (Å²) in [6.45, 7) is 6.79. The van der Waals surface area contributed by atoms with Crippen molar-refractivity contribution in [3.63, 3.8) is 0 Å². The van der Waals surface area contributed by atoms with Crippen molar-refractivity contribution >= 4 is 57.4 Å². The Morgan fingerprint density at radius 3 is 1.98 bits per heavy atom. The highest BCUT2D eigenvalue weighted by molar-refractivity contribution is 6.31. The van der Waals surface area contributed by atoms with Gasteiger partial charge in [-0.05, 0) is 104 Å². The van der Waals surface area contributed by atoms with Crippen LogP contribution in [-0.4, -0.2) is 88.4 Å². The van der Waals surface area contributed by atoms with Gasteiger partial charge in [0.05, 0.1) is 51.1 Å². The molecule has 4 aliphatic rings. The van der Waals surface area contributed by atoms with Crippen LogP contribution >= 0.6 is 23.2 Å². The lowest BCUT2D eigenvalue weighted by Crippen LogP contribution is -2.47. The fraction of sp³-hybridized carbons (Fsp3) is 0.238. The molecule has 8 rings (SSSR count). The highest BCUT2D eigenvalue weighted by Crippen LogP contribution is 2.31. The van der Waals surface area contributed by atoms with Gasteiger partial charge in [0, 0.05) is 60.7 Å². The van der Waals surface area contributed by atoms with E-state index in [-0.39, 0.29) is 11.8 Å². The van der Waals surface area contributed by atoms with Crippen molar-refractivity contribution < 1.29 is 9.59 Å². The van der Waals surface area contributed by atoms with Gasteiger partial charge < -0.3 is 14.8 Å². The first-order chi connectivity index (χ1) is 25.9. The van der Waals surface area contributed by atoms with Crippen LogP contribution in [0.4, 0.5) is 11.4 Å². The second-order valence-corrected chi connectivity index (χ2v) is 14.4. The second-order valence-electron chi connectivity index (χ2n) is 13.5. The Labute approximate surface area is 318 Å². The third kappa shape index (κ3) is 7.57. The fourth-order valence-electron chi connectivity index (χ4n) is 7.23. The Kier molecular flexibility index (Phi) is 10.2. The molecule has 0 bridgehead atoms. The van der Waals surface area contributed by atoms with Gasteiger partial charge in [-0.2, -0.15) is 0 Å². The van der Waals surface area contributed by atoms with Crippen molar-refractivity contribution in [1.82, 2.24) is 24.3 Å². The summed E-state index contributed by atoms with van der Waals surface area (Å²) < 4.78 is 2.22. The van der Waals surface area contributed by atoms with Crippen molar-refractivity contribution in [3.05, 3.63) is 136 Å². The number of aromatic nitrogens is 2. The van der Waals surface area contributed by atoms with E-state index in [0.717, 1.165) is 97.0 Å². The molecule has 3 aliphatic heterocycles. The molecule has 2 amide bonds. The molecule has 0 aromatic heterocycles. The zero-order valence-electron chi connectivity index (χ0n) is 29.2. The molecule has 4 aromatic rings. The molecule has 1 aliphatic carbocycles. The number of carbonyl (C=O) groups is 2. The number of amides is 2. The molecule has 11 heteroatoms. The molecule has 1 saturated heterocycles. The lowest BCUT2D eigenvalue weighted by molar-refractivity contribution is 0.0648. The Morgan fingerprint density at radius 2 is 1.28 bits per heavy atom. The number of carbonyl (C=O) groups excluding carboxylic acids is 2. The number of rotatable bonds is 11. The SMILES string of the molecule is O=C1c2ccccc2C(=O)N1CCCCN1CCN(CCN=c2cc3n(-c4ccc(Cl)cc4)c4ccccc4nc-3cc2Nc2ccc(Cl)cc2)CC1. The number of fused-ring (bicyclic) bond motifs is 3. The number of anilines is 2. The molecule has 0 atom stereocenters. The van der Waals surface area contributed by atoms with E-state index in [2.05, 4.69) is 37.9 Å². The Bertz CT molecular complexity index is 2280. The number of piperazine rings is 1. The van der Waals surface area contributed by atoms with E-state index >= 15 is 0 Å². The summed E-state index contributed by atoms with van der Waals surface area (Å²) in [5.41, 5.74) is 7.48. The number of halogens is 2. The van der Waals surface area contributed by atoms with Crippen molar-refractivity contribution in [2.24, 2.45) is 4.99 Å². The fourth-order valence-corrected chi connectivity index (χ4v) is 7.48. The van der Waals surface area contributed by atoms with Crippen molar-refractivity contribution in [2.45, 2.75) is 12.8 Å². The van der Waals surface area contributed by atoms with Crippen LogP contribution in [0.3, 0.4) is 0 Å². The standard InChI is InChI=1S/C42H39Cl2N7O2/c43-29-11-15-31(16-12-29)46-37-27-38-40(51(32-17-13-30(44)14-18-32)39-10-4-3-9-35(39)47-38)28-36(37)45-19-22-49-25-23-48(24-26-49)20-5-6-21-50-41(52)33-7-1-2-8-34(33)42(50)53/h1-4,7-18,27-28,46H,5-6,19-26H2. The van der Waals surface area contributed by atoms with Gasteiger partial charge in [-0.25, -0.2) is 4.98 Å². The van der Waals surface area contributed by atoms with Crippen LogP contribution in [0.15, 0.2) is 114 Å². The van der Waals surface area contributed by atoms with Gasteiger partial charge in [0.1, 0.15) is 0 Å². The molecule has 1 N–H and O–H groups in total. The lowest BCUT2D eigenvalue weighted by atomic mass is 10.1. The molecule has 0 saturated carbocycles. The maximum Gasteiger partial charge on any atom is 0.261 e. The number of imide groups is 1. The summed E-state index contributed by atoms with van der Waals surface area (Å²) in [6, 6.07) is 35.0. The van der Waals surface area contributed by atoms with Crippen LogP contribution in [-0.2, 0) is 0 Å². The molecule has 53 heavy (non-hydrogen) atoms. The van der Waals surface area contributed by atoms with Crippen molar-refractivity contribution in [2.75, 3.05) is 57.7 Å². The van der Waals surface area contributed by atoms with Gasteiger partial charge in [0.25, 0.3) is 11.8 Å². The quantitative estimate of drug-likeness (QED) is 0.0830. The normalized spacial score (nSPS) is 15.5. The van der Waals surface area contributed by atoms with Crippen LogP contribution < -0.4 is 10.7 Å². The monoisotopic (exact) mass is 743 g/mol. The number of nitrogens with one attached hydrogen (secondary N) is 1. The molecule has 9 nitrogen and oxygen atoms in total. The van der Waals surface area contributed by atoms with E-state index in [1.54, 1.807) is 24.3 Å². The van der Waals surface area contributed by atoms with Gasteiger partial charge >= 0.3 is 0 Å². The molecule has 0 radical (unpaired) electrons. The smallest absolute Gasteiger partial charge is 0.261 e. The zero-order chi connectivity index (χ0) is 36.3. The first-order valence-electron chi connectivity index (χ1n) is 18.1. The molecular formula is C42H39Cl2N7O2. The Balaban J connectivity index is 0.956. The predicted molar refractivity (Wildman–Crippen MR) is 212 cm³/mol. The van der Waals surface area contributed by atoms with E-state index < -0.39 is 0 Å². The first-order valence-corrected chi connectivity index (χ1v) is 18.8. The van der Waals surface area contributed by atoms with Crippen LogP contribution in [0.25, 0.3) is 28.1 Å². The largest absolute Gasteiger partial charge is 0.354 e. The van der Waals surface area contributed by atoms with Crippen molar-refractivity contribution in [3.8, 4) is 17.1 Å². The van der Waals surface area contributed by atoms with Crippen LogP contribution in [0.2, 0.25) is 10.0 Å². The number of para-hydroxylation sites is 2. The van der Waals surface area contributed by atoms with Gasteiger partial charge in [0.15, 0.2) is 0 Å². The second kappa shape index (κ2) is 15.5. The minimum absolute atomic E-state index is 0.174. The summed E-state index contributed by atoms with van der Waals surface area (Å²) in [5, 5.41) is 5.78. The number of hydrogen-bond donors (Lipinski definition) is 1. The van der Waals surface area contributed by atoms with E-state index in [1.165, 1.54) is 4.90 Å².